The van der Waals surface area contributed by atoms with Crippen LogP contribution in [-0.2, 0) is 9.59 Å². The first-order chi connectivity index (χ1) is 11.5. The zero-order valence-corrected chi connectivity index (χ0v) is 13.6. The number of benzene rings is 1. The van der Waals surface area contributed by atoms with E-state index in [9.17, 15) is 18.4 Å². The minimum absolute atomic E-state index is 0.0130. The Morgan fingerprint density at radius 2 is 2.12 bits per heavy atom. The number of carbonyl (C=O) groups is 2. The molecule has 0 radical (unpaired) electrons. The fraction of sp³-hybridized carbons (Fsp3) is 0.529. The van der Waals surface area contributed by atoms with Crippen molar-refractivity contribution in [3.63, 3.8) is 0 Å². The van der Waals surface area contributed by atoms with Crippen molar-refractivity contribution >= 4 is 17.5 Å². The Kier molecular flexibility index (Phi) is 4.69. The van der Waals surface area contributed by atoms with Crippen molar-refractivity contribution in [3.05, 3.63) is 29.8 Å². The van der Waals surface area contributed by atoms with E-state index in [1.54, 1.807) is 9.80 Å². The first-order valence-corrected chi connectivity index (χ1v) is 8.26. The van der Waals surface area contributed by atoms with E-state index < -0.39 is 11.6 Å². The maximum absolute atomic E-state index is 13.9. The van der Waals surface area contributed by atoms with Gasteiger partial charge >= 0.3 is 0 Å². The number of hydrogen-bond acceptors (Lipinski definition) is 3. The molecular formula is C17H21F2N3O2. The third-order valence-corrected chi connectivity index (χ3v) is 4.75. The summed E-state index contributed by atoms with van der Waals surface area (Å²) < 4.78 is 26.9. The zero-order valence-electron chi connectivity index (χ0n) is 13.6. The van der Waals surface area contributed by atoms with Crippen LogP contribution in [0.15, 0.2) is 18.2 Å². The Morgan fingerprint density at radius 1 is 1.33 bits per heavy atom. The van der Waals surface area contributed by atoms with Gasteiger partial charge in [-0.2, -0.15) is 0 Å². The van der Waals surface area contributed by atoms with Crippen LogP contribution in [0.25, 0.3) is 0 Å². The molecule has 1 aromatic carbocycles. The van der Waals surface area contributed by atoms with Gasteiger partial charge in [-0.1, -0.05) is 0 Å². The predicted octanol–water partition coefficient (Wildman–Crippen LogP) is 1.53. The third kappa shape index (κ3) is 3.34. The summed E-state index contributed by atoms with van der Waals surface area (Å²) in [7, 11) is 0. The maximum Gasteiger partial charge on any atom is 0.225 e. The average molecular weight is 337 g/mol. The van der Waals surface area contributed by atoms with Crippen molar-refractivity contribution < 1.29 is 18.4 Å². The van der Waals surface area contributed by atoms with Crippen LogP contribution >= 0.6 is 0 Å². The number of carbonyl (C=O) groups excluding carboxylic acids is 2. The van der Waals surface area contributed by atoms with Gasteiger partial charge in [-0.25, -0.2) is 8.78 Å². The molecule has 3 rings (SSSR count). The lowest BCUT2D eigenvalue weighted by Gasteiger charge is -2.20. The van der Waals surface area contributed by atoms with Crippen molar-refractivity contribution in [2.75, 3.05) is 31.1 Å². The highest BCUT2D eigenvalue weighted by molar-refractivity contribution is 5.89. The first-order valence-electron chi connectivity index (χ1n) is 8.26. The topological polar surface area (TPSA) is 52.7 Å². The molecule has 2 amide bonds. The van der Waals surface area contributed by atoms with E-state index in [0.29, 0.717) is 38.3 Å². The molecule has 2 atom stereocenters. The van der Waals surface area contributed by atoms with Crippen LogP contribution in [0.3, 0.4) is 0 Å². The lowest BCUT2D eigenvalue weighted by atomic mass is 10.1. The van der Waals surface area contributed by atoms with Gasteiger partial charge in [0, 0.05) is 44.7 Å². The van der Waals surface area contributed by atoms with Gasteiger partial charge in [0.1, 0.15) is 11.6 Å². The molecule has 0 spiro atoms. The summed E-state index contributed by atoms with van der Waals surface area (Å²) in [5.74, 6) is -1.62. The van der Waals surface area contributed by atoms with Gasteiger partial charge in [-0.3, -0.25) is 9.59 Å². The average Bonchev–Trinajstić information content (AvgIpc) is 3.14. The molecule has 2 fully saturated rings. The normalized spacial score (nSPS) is 23.9. The smallest absolute Gasteiger partial charge is 0.225 e. The summed E-state index contributed by atoms with van der Waals surface area (Å²) in [5, 5.41) is 2.96. The first kappa shape index (κ1) is 16.7. The number of anilines is 1. The molecule has 2 aliphatic rings. The predicted molar refractivity (Wildman–Crippen MR) is 85.5 cm³/mol. The minimum Gasteiger partial charge on any atom is -0.367 e. The molecule has 0 aromatic heterocycles. The Hall–Kier alpha value is -2.18. The van der Waals surface area contributed by atoms with Gasteiger partial charge in [-0.15, -0.1) is 0 Å². The maximum atomic E-state index is 13.9. The van der Waals surface area contributed by atoms with Crippen LogP contribution in [0.4, 0.5) is 14.5 Å². The number of halogens is 2. The van der Waals surface area contributed by atoms with Gasteiger partial charge in [0.25, 0.3) is 0 Å². The van der Waals surface area contributed by atoms with E-state index in [0.717, 1.165) is 6.07 Å². The second-order valence-electron chi connectivity index (χ2n) is 6.37. The summed E-state index contributed by atoms with van der Waals surface area (Å²) in [6.45, 7) is 4.04. The molecule has 2 aliphatic heterocycles. The molecular weight excluding hydrogens is 316 g/mol. The Bertz CT molecular complexity index is 653. The van der Waals surface area contributed by atoms with E-state index in [1.807, 2.05) is 6.92 Å². The van der Waals surface area contributed by atoms with Crippen molar-refractivity contribution in [3.8, 4) is 0 Å². The van der Waals surface area contributed by atoms with E-state index in [4.69, 9.17) is 0 Å². The lowest BCUT2D eigenvalue weighted by Crippen LogP contribution is -2.41. The Morgan fingerprint density at radius 3 is 2.79 bits per heavy atom. The number of rotatable bonds is 4. The quantitative estimate of drug-likeness (QED) is 0.907. The highest BCUT2D eigenvalue weighted by Crippen LogP contribution is 2.25. The van der Waals surface area contributed by atoms with Crippen LogP contribution < -0.4 is 10.2 Å². The van der Waals surface area contributed by atoms with Gasteiger partial charge in [0.05, 0.1) is 11.6 Å². The van der Waals surface area contributed by atoms with Crippen LogP contribution in [0.2, 0.25) is 0 Å². The van der Waals surface area contributed by atoms with Gasteiger partial charge in [0.2, 0.25) is 11.8 Å². The van der Waals surface area contributed by atoms with Crippen molar-refractivity contribution in [2.45, 2.75) is 25.8 Å². The molecule has 1 aromatic rings. The Labute approximate surface area is 139 Å². The SMILES string of the molecule is CCN1C[C@@H](C(=O)N[C@@H]2CCN(c3ccc(F)cc3F)C2)CC1=O. The fourth-order valence-corrected chi connectivity index (χ4v) is 3.41. The zero-order chi connectivity index (χ0) is 17.3. The van der Waals surface area contributed by atoms with E-state index in [1.165, 1.54) is 12.1 Å². The molecule has 0 unspecified atom stereocenters. The van der Waals surface area contributed by atoms with Crippen molar-refractivity contribution in [1.82, 2.24) is 10.2 Å². The molecule has 1 N–H and O–H groups in total. The molecule has 2 heterocycles. The third-order valence-electron chi connectivity index (χ3n) is 4.75. The largest absolute Gasteiger partial charge is 0.367 e. The standard InChI is InChI=1S/C17H21F2N3O2/c1-2-21-9-11(7-16(21)23)17(24)20-13-5-6-22(10-13)15-4-3-12(18)8-14(15)19/h3-4,8,11,13H,2,5-7,9-10H2,1H3,(H,20,24)/t11-,13+/m0/s1. The molecule has 130 valence electrons. The minimum atomic E-state index is -0.605. The monoisotopic (exact) mass is 337 g/mol. The van der Waals surface area contributed by atoms with Crippen molar-refractivity contribution in [1.29, 1.82) is 0 Å². The molecule has 2 saturated heterocycles. The molecule has 0 saturated carbocycles. The summed E-state index contributed by atoms with van der Waals surface area (Å²) in [6.07, 6.45) is 0.948. The van der Waals surface area contributed by atoms with E-state index in [2.05, 4.69) is 5.32 Å². The number of amides is 2. The highest BCUT2D eigenvalue weighted by atomic mass is 19.1. The molecule has 24 heavy (non-hydrogen) atoms. The molecule has 7 heteroatoms. The van der Waals surface area contributed by atoms with Gasteiger partial charge in [-0.05, 0) is 25.5 Å². The van der Waals surface area contributed by atoms with Gasteiger partial charge < -0.3 is 15.1 Å². The Balaban J connectivity index is 1.56. The van der Waals surface area contributed by atoms with E-state index in [-0.39, 0.29) is 30.2 Å². The van der Waals surface area contributed by atoms with Crippen molar-refractivity contribution in [2.24, 2.45) is 5.92 Å². The van der Waals surface area contributed by atoms with Crippen LogP contribution in [-0.4, -0.2) is 48.9 Å². The number of nitrogens with zero attached hydrogens (tertiary/aromatic N) is 2. The number of likely N-dealkylation sites (tertiary alicyclic amines) is 1. The van der Waals surface area contributed by atoms with Crippen LogP contribution in [0.1, 0.15) is 19.8 Å². The fourth-order valence-electron chi connectivity index (χ4n) is 3.41. The van der Waals surface area contributed by atoms with Crippen LogP contribution in [0, 0.1) is 17.6 Å². The molecule has 0 bridgehead atoms. The summed E-state index contributed by atoms with van der Waals surface area (Å²) >= 11 is 0. The number of nitrogens with one attached hydrogen (secondary N) is 1. The van der Waals surface area contributed by atoms with Crippen LogP contribution in [0.5, 0.6) is 0 Å². The van der Waals surface area contributed by atoms with Gasteiger partial charge in [0.15, 0.2) is 0 Å². The number of hydrogen-bond donors (Lipinski definition) is 1. The van der Waals surface area contributed by atoms with E-state index >= 15 is 0 Å². The lowest BCUT2D eigenvalue weighted by molar-refractivity contribution is -0.129. The highest BCUT2D eigenvalue weighted by Gasteiger charge is 2.35. The summed E-state index contributed by atoms with van der Waals surface area (Å²) in [5.41, 5.74) is 0.348. The molecule has 5 nitrogen and oxygen atoms in total. The summed E-state index contributed by atoms with van der Waals surface area (Å²) in [4.78, 5) is 27.5. The summed E-state index contributed by atoms with van der Waals surface area (Å²) in [6, 6.07) is 3.43. The molecule has 0 aliphatic carbocycles. The second kappa shape index (κ2) is 6.75. The second-order valence-corrected chi connectivity index (χ2v) is 6.37.